The quantitative estimate of drug-likeness (QED) is 0.633. The molecule has 1 heterocycles. The molecule has 0 fully saturated rings. The van der Waals surface area contributed by atoms with Crippen molar-refractivity contribution >= 4 is 27.2 Å². The van der Waals surface area contributed by atoms with E-state index in [2.05, 4.69) is 0 Å². The molecule has 0 N–H and O–H groups in total. The zero-order valence-corrected chi connectivity index (χ0v) is 11.8. The predicted octanol–water partition coefficient (Wildman–Crippen LogP) is 4.77. The fourth-order valence-electron chi connectivity index (χ4n) is 2.29. The van der Waals surface area contributed by atoms with Crippen molar-refractivity contribution < 1.29 is 9.18 Å². The summed E-state index contributed by atoms with van der Waals surface area (Å²) in [4.78, 5) is 12.3. The monoisotopic (exact) mass is 284 g/mol. The molecule has 0 spiro atoms. The zero-order valence-electron chi connectivity index (χ0n) is 11.0. The van der Waals surface area contributed by atoms with E-state index in [4.69, 9.17) is 0 Å². The van der Waals surface area contributed by atoms with Crippen LogP contribution in [-0.4, -0.2) is 5.78 Å². The molecule has 20 heavy (non-hydrogen) atoms. The Labute approximate surface area is 120 Å². The Morgan fingerprint density at radius 2 is 2.00 bits per heavy atom. The van der Waals surface area contributed by atoms with Gasteiger partial charge in [0.05, 0.1) is 5.56 Å². The minimum atomic E-state index is -0.444. The largest absolute Gasteiger partial charge is 0.294 e. The van der Waals surface area contributed by atoms with Gasteiger partial charge in [-0.25, -0.2) is 4.39 Å². The molecule has 0 saturated heterocycles. The molecule has 0 bridgehead atoms. The Kier molecular flexibility index (Phi) is 3.36. The minimum absolute atomic E-state index is 0.172. The van der Waals surface area contributed by atoms with Crippen LogP contribution in [-0.2, 0) is 6.42 Å². The number of fused-ring (bicyclic) bond motifs is 1. The molecule has 3 heteroatoms. The van der Waals surface area contributed by atoms with Gasteiger partial charge in [0.15, 0.2) is 5.78 Å². The number of hydrogen-bond donors (Lipinski definition) is 0. The smallest absolute Gasteiger partial charge is 0.170 e. The number of hydrogen-bond acceptors (Lipinski definition) is 2. The van der Waals surface area contributed by atoms with E-state index in [0.29, 0.717) is 0 Å². The second-order valence-electron chi connectivity index (χ2n) is 4.84. The Morgan fingerprint density at radius 1 is 1.20 bits per heavy atom. The average Bonchev–Trinajstić information content (AvgIpc) is 2.85. The zero-order chi connectivity index (χ0) is 14.1. The summed E-state index contributed by atoms with van der Waals surface area (Å²) in [6.45, 7) is 1.86. The van der Waals surface area contributed by atoms with Crippen LogP contribution in [0.2, 0.25) is 0 Å². The van der Waals surface area contributed by atoms with Crippen molar-refractivity contribution in [3.63, 3.8) is 0 Å². The maximum Gasteiger partial charge on any atom is 0.170 e. The first-order chi connectivity index (χ1) is 9.65. The molecule has 100 valence electrons. The standard InChI is InChI=1S/C17H13FOS/c1-11-6-7-15(18)14(8-11)16(19)9-12-10-20-17-5-3-2-4-13(12)17/h2-8,10H,9H2,1H3. The number of thiophene rings is 1. The predicted molar refractivity (Wildman–Crippen MR) is 81.0 cm³/mol. The molecule has 0 aliphatic carbocycles. The summed E-state index contributed by atoms with van der Waals surface area (Å²) in [7, 11) is 0. The number of rotatable bonds is 3. The van der Waals surface area contributed by atoms with Crippen molar-refractivity contribution in [2.45, 2.75) is 13.3 Å². The Hall–Kier alpha value is -2.00. The van der Waals surface area contributed by atoms with E-state index in [1.165, 1.54) is 6.07 Å². The molecular weight excluding hydrogens is 271 g/mol. The van der Waals surface area contributed by atoms with Crippen molar-refractivity contribution in [2.75, 3.05) is 0 Å². The highest BCUT2D eigenvalue weighted by Crippen LogP contribution is 2.27. The summed E-state index contributed by atoms with van der Waals surface area (Å²) in [5.74, 6) is -0.616. The first-order valence-electron chi connectivity index (χ1n) is 6.39. The number of benzene rings is 2. The van der Waals surface area contributed by atoms with Crippen molar-refractivity contribution in [3.8, 4) is 0 Å². The van der Waals surface area contributed by atoms with E-state index >= 15 is 0 Å². The number of carbonyl (C=O) groups is 1. The van der Waals surface area contributed by atoms with Gasteiger partial charge < -0.3 is 0 Å². The lowest BCUT2D eigenvalue weighted by molar-refractivity contribution is 0.0989. The first-order valence-corrected chi connectivity index (χ1v) is 7.27. The number of Topliss-reactive ketones (excluding diaryl/α,β-unsaturated/α-hetero) is 1. The van der Waals surface area contributed by atoms with Gasteiger partial charge in [-0.2, -0.15) is 0 Å². The van der Waals surface area contributed by atoms with Crippen LogP contribution in [0.25, 0.3) is 10.1 Å². The van der Waals surface area contributed by atoms with E-state index < -0.39 is 5.82 Å². The molecule has 3 rings (SSSR count). The van der Waals surface area contributed by atoms with Crippen LogP contribution in [0.15, 0.2) is 47.8 Å². The summed E-state index contributed by atoms with van der Waals surface area (Å²) in [6, 6.07) is 12.6. The van der Waals surface area contributed by atoms with E-state index in [-0.39, 0.29) is 17.8 Å². The fraction of sp³-hybridized carbons (Fsp3) is 0.118. The van der Waals surface area contributed by atoms with Crippen molar-refractivity contribution in [1.29, 1.82) is 0 Å². The van der Waals surface area contributed by atoms with Crippen LogP contribution in [0, 0.1) is 12.7 Å². The van der Waals surface area contributed by atoms with Gasteiger partial charge >= 0.3 is 0 Å². The van der Waals surface area contributed by atoms with Gasteiger partial charge in [0.25, 0.3) is 0 Å². The Morgan fingerprint density at radius 3 is 2.85 bits per heavy atom. The van der Waals surface area contributed by atoms with Crippen LogP contribution in [0.3, 0.4) is 0 Å². The molecule has 1 nitrogen and oxygen atoms in total. The molecule has 3 aromatic rings. The molecular formula is C17H13FOS. The minimum Gasteiger partial charge on any atom is -0.294 e. The van der Waals surface area contributed by atoms with Crippen molar-refractivity contribution in [2.24, 2.45) is 0 Å². The molecule has 0 amide bonds. The molecule has 0 atom stereocenters. The van der Waals surface area contributed by atoms with Gasteiger partial charge in [-0.05, 0) is 41.5 Å². The van der Waals surface area contributed by atoms with Crippen molar-refractivity contribution in [3.05, 3.63) is 70.4 Å². The van der Waals surface area contributed by atoms with Crippen LogP contribution < -0.4 is 0 Å². The maximum atomic E-state index is 13.7. The molecule has 1 aromatic heterocycles. The average molecular weight is 284 g/mol. The lowest BCUT2D eigenvalue weighted by Crippen LogP contribution is -2.06. The maximum absolute atomic E-state index is 13.7. The van der Waals surface area contributed by atoms with E-state index in [9.17, 15) is 9.18 Å². The van der Waals surface area contributed by atoms with E-state index in [1.807, 2.05) is 36.6 Å². The van der Waals surface area contributed by atoms with Crippen molar-refractivity contribution in [1.82, 2.24) is 0 Å². The third-order valence-electron chi connectivity index (χ3n) is 3.33. The lowest BCUT2D eigenvalue weighted by atomic mass is 10.0. The molecule has 0 saturated carbocycles. The fourth-order valence-corrected chi connectivity index (χ4v) is 3.25. The van der Waals surface area contributed by atoms with Gasteiger partial charge in [-0.3, -0.25) is 4.79 Å². The Bertz CT molecular complexity index is 789. The molecule has 0 aliphatic rings. The molecule has 0 aliphatic heterocycles. The summed E-state index contributed by atoms with van der Waals surface area (Å²) >= 11 is 1.61. The van der Waals surface area contributed by atoms with Gasteiger partial charge in [0.2, 0.25) is 0 Å². The second kappa shape index (κ2) is 5.17. The van der Waals surface area contributed by atoms with E-state index in [1.54, 1.807) is 23.5 Å². The molecule has 0 unspecified atom stereocenters. The highest BCUT2D eigenvalue weighted by atomic mass is 32.1. The first kappa shape index (κ1) is 13.0. The van der Waals surface area contributed by atoms with Crippen LogP contribution in [0.1, 0.15) is 21.5 Å². The highest BCUT2D eigenvalue weighted by Gasteiger charge is 2.14. The SMILES string of the molecule is Cc1ccc(F)c(C(=O)Cc2csc3ccccc23)c1. The molecule has 0 radical (unpaired) electrons. The van der Waals surface area contributed by atoms with Crippen LogP contribution >= 0.6 is 11.3 Å². The van der Waals surface area contributed by atoms with Gasteiger partial charge in [0.1, 0.15) is 5.82 Å². The van der Waals surface area contributed by atoms with Gasteiger partial charge in [-0.15, -0.1) is 11.3 Å². The summed E-state index contributed by atoms with van der Waals surface area (Å²) in [5.41, 5.74) is 2.04. The van der Waals surface area contributed by atoms with Crippen LogP contribution in [0.5, 0.6) is 0 Å². The Balaban J connectivity index is 1.94. The number of halogens is 1. The van der Waals surface area contributed by atoms with E-state index in [0.717, 1.165) is 21.2 Å². The third kappa shape index (κ3) is 2.37. The van der Waals surface area contributed by atoms with Gasteiger partial charge in [-0.1, -0.05) is 29.8 Å². The molecule has 2 aromatic carbocycles. The summed E-state index contributed by atoms with van der Waals surface area (Å²) in [5, 5.41) is 3.06. The topological polar surface area (TPSA) is 17.1 Å². The number of carbonyl (C=O) groups excluding carboxylic acids is 1. The second-order valence-corrected chi connectivity index (χ2v) is 5.75. The lowest BCUT2D eigenvalue weighted by Gasteiger charge is -2.04. The summed E-state index contributed by atoms with van der Waals surface area (Å²) in [6.07, 6.45) is 0.240. The highest BCUT2D eigenvalue weighted by molar-refractivity contribution is 7.17. The van der Waals surface area contributed by atoms with Gasteiger partial charge in [0, 0.05) is 11.1 Å². The normalized spacial score (nSPS) is 10.9. The van der Waals surface area contributed by atoms with Crippen LogP contribution in [0.4, 0.5) is 4.39 Å². The summed E-state index contributed by atoms with van der Waals surface area (Å²) < 4.78 is 14.9. The third-order valence-corrected chi connectivity index (χ3v) is 4.35. The number of ketones is 1. The number of aryl methyl sites for hydroxylation is 1.